The molecule has 1 aliphatic rings. The molecule has 1 aromatic rings. The van der Waals surface area contributed by atoms with Crippen molar-refractivity contribution >= 4 is 34.2 Å². The van der Waals surface area contributed by atoms with Gasteiger partial charge >= 0.3 is 0 Å². The number of nitrogens with two attached hydrogens (primary N) is 1. The van der Waals surface area contributed by atoms with E-state index in [4.69, 9.17) is 5.73 Å². The molecule has 5 heteroatoms. The molecule has 22 heavy (non-hydrogen) atoms. The zero-order valence-corrected chi connectivity index (χ0v) is 15.8. The Kier molecular flexibility index (Phi) is 7.36. The highest BCUT2D eigenvalue weighted by molar-refractivity contribution is 9.10. The van der Waals surface area contributed by atoms with E-state index in [1.165, 1.54) is 5.56 Å². The minimum Gasteiger partial charge on any atom is -0.342 e. The highest BCUT2D eigenvalue weighted by Crippen LogP contribution is 2.31. The summed E-state index contributed by atoms with van der Waals surface area (Å²) in [6, 6.07) is 8.16. The Bertz CT molecular complexity index is 511. The van der Waals surface area contributed by atoms with Crippen LogP contribution in [-0.4, -0.2) is 30.4 Å². The molecule has 2 N–H and O–H groups in total. The standard InChI is InChI=1S/C17H25BrN2O.ClH/c1-3-13(10-14-6-4-5-7-15(14)18)16(21)20-9-8-17(2,11-19)12-20;/h4-7,13H,3,8-12,19H2,1-2H3;1H. The molecule has 1 saturated heterocycles. The first-order chi connectivity index (χ1) is 9.99. The second-order valence-corrected chi connectivity index (χ2v) is 7.28. The smallest absolute Gasteiger partial charge is 0.226 e. The van der Waals surface area contributed by atoms with Crippen molar-refractivity contribution in [1.29, 1.82) is 0 Å². The molecular formula is C17H26BrClN2O. The Balaban J connectivity index is 0.00000242. The number of carbonyl (C=O) groups excluding carboxylic acids is 1. The van der Waals surface area contributed by atoms with Crippen molar-refractivity contribution in [1.82, 2.24) is 4.90 Å². The summed E-state index contributed by atoms with van der Waals surface area (Å²) in [5.74, 6) is 0.342. The lowest BCUT2D eigenvalue weighted by atomic mass is 9.90. The lowest BCUT2D eigenvalue weighted by Gasteiger charge is -2.26. The van der Waals surface area contributed by atoms with Gasteiger partial charge in [0.05, 0.1) is 0 Å². The molecule has 1 fully saturated rings. The fourth-order valence-corrected chi connectivity index (χ4v) is 3.42. The van der Waals surface area contributed by atoms with Crippen LogP contribution >= 0.6 is 28.3 Å². The number of halogens is 2. The summed E-state index contributed by atoms with van der Waals surface area (Å²) in [4.78, 5) is 14.8. The molecule has 3 nitrogen and oxygen atoms in total. The summed E-state index contributed by atoms with van der Waals surface area (Å²) in [6.07, 6.45) is 2.68. The van der Waals surface area contributed by atoms with Crippen LogP contribution in [0.3, 0.4) is 0 Å². The average molecular weight is 390 g/mol. The Morgan fingerprint density at radius 2 is 2.14 bits per heavy atom. The zero-order chi connectivity index (χ0) is 15.5. The maximum absolute atomic E-state index is 12.8. The second kappa shape index (κ2) is 8.32. The van der Waals surface area contributed by atoms with Crippen molar-refractivity contribution in [2.24, 2.45) is 17.1 Å². The van der Waals surface area contributed by atoms with Crippen LogP contribution in [0.1, 0.15) is 32.3 Å². The van der Waals surface area contributed by atoms with E-state index in [-0.39, 0.29) is 29.6 Å². The van der Waals surface area contributed by atoms with Crippen LogP contribution in [0.2, 0.25) is 0 Å². The van der Waals surface area contributed by atoms with E-state index in [9.17, 15) is 4.79 Å². The fourth-order valence-electron chi connectivity index (χ4n) is 2.97. The van der Waals surface area contributed by atoms with Gasteiger partial charge in [-0.2, -0.15) is 0 Å². The number of benzene rings is 1. The van der Waals surface area contributed by atoms with E-state index in [2.05, 4.69) is 35.8 Å². The van der Waals surface area contributed by atoms with E-state index in [1.807, 2.05) is 23.1 Å². The molecule has 2 atom stereocenters. The topological polar surface area (TPSA) is 46.3 Å². The van der Waals surface area contributed by atoms with Gasteiger partial charge in [0, 0.05) is 23.5 Å². The van der Waals surface area contributed by atoms with Crippen molar-refractivity contribution in [2.75, 3.05) is 19.6 Å². The van der Waals surface area contributed by atoms with Gasteiger partial charge in [0.25, 0.3) is 0 Å². The van der Waals surface area contributed by atoms with Gasteiger partial charge in [-0.05, 0) is 42.9 Å². The molecule has 1 aromatic carbocycles. The van der Waals surface area contributed by atoms with E-state index in [0.717, 1.165) is 36.8 Å². The fraction of sp³-hybridized carbons (Fsp3) is 0.588. The van der Waals surface area contributed by atoms with Crippen LogP contribution < -0.4 is 5.73 Å². The molecule has 0 radical (unpaired) electrons. The Labute approximate surface area is 148 Å². The Morgan fingerprint density at radius 1 is 1.45 bits per heavy atom. The molecule has 2 unspecified atom stereocenters. The van der Waals surface area contributed by atoms with Gasteiger partial charge in [-0.1, -0.05) is 48.0 Å². The van der Waals surface area contributed by atoms with Crippen molar-refractivity contribution in [3.8, 4) is 0 Å². The van der Waals surface area contributed by atoms with Gasteiger partial charge in [0.1, 0.15) is 0 Å². The SMILES string of the molecule is CCC(Cc1ccccc1Br)C(=O)N1CCC(C)(CN)C1.Cl. The van der Waals surface area contributed by atoms with Crippen LogP contribution in [0.5, 0.6) is 0 Å². The number of hydrogen-bond acceptors (Lipinski definition) is 2. The number of hydrogen-bond donors (Lipinski definition) is 1. The van der Waals surface area contributed by atoms with Crippen LogP contribution in [0.4, 0.5) is 0 Å². The molecule has 124 valence electrons. The molecule has 0 bridgehead atoms. The molecule has 1 aliphatic heterocycles. The van der Waals surface area contributed by atoms with Crippen molar-refractivity contribution < 1.29 is 4.79 Å². The van der Waals surface area contributed by atoms with Crippen LogP contribution in [-0.2, 0) is 11.2 Å². The van der Waals surface area contributed by atoms with Gasteiger partial charge in [-0.15, -0.1) is 12.4 Å². The molecule has 2 rings (SSSR count). The van der Waals surface area contributed by atoms with Crippen LogP contribution in [0.25, 0.3) is 0 Å². The Morgan fingerprint density at radius 3 is 2.68 bits per heavy atom. The van der Waals surface area contributed by atoms with Gasteiger partial charge in [-0.3, -0.25) is 4.79 Å². The zero-order valence-electron chi connectivity index (χ0n) is 13.3. The van der Waals surface area contributed by atoms with Gasteiger partial charge < -0.3 is 10.6 Å². The summed E-state index contributed by atoms with van der Waals surface area (Å²) in [5.41, 5.74) is 7.14. The third kappa shape index (κ3) is 4.46. The lowest BCUT2D eigenvalue weighted by Crippen LogP contribution is -2.38. The minimum absolute atomic E-state index is 0. The van der Waals surface area contributed by atoms with Crippen molar-refractivity contribution in [3.05, 3.63) is 34.3 Å². The van der Waals surface area contributed by atoms with Gasteiger partial charge in [0.15, 0.2) is 0 Å². The number of nitrogens with zero attached hydrogens (tertiary/aromatic N) is 1. The number of amides is 1. The first kappa shape index (κ1) is 19.5. The van der Waals surface area contributed by atoms with E-state index in [1.54, 1.807) is 0 Å². The van der Waals surface area contributed by atoms with E-state index in [0.29, 0.717) is 6.54 Å². The summed E-state index contributed by atoms with van der Waals surface area (Å²) in [6.45, 7) is 6.57. The lowest BCUT2D eigenvalue weighted by molar-refractivity contribution is -0.134. The molecule has 0 saturated carbocycles. The molecule has 0 spiro atoms. The Hall–Kier alpha value is -0.580. The van der Waals surface area contributed by atoms with Gasteiger partial charge in [0.2, 0.25) is 5.91 Å². The molecule has 0 aromatic heterocycles. The predicted octanol–water partition coefficient (Wildman–Crippen LogP) is 3.64. The van der Waals surface area contributed by atoms with Crippen LogP contribution in [0, 0.1) is 11.3 Å². The first-order valence-electron chi connectivity index (χ1n) is 7.71. The van der Waals surface area contributed by atoms with Crippen LogP contribution in [0.15, 0.2) is 28.7 Å². The number of carbonyl (C=O) groups is 1. The highest BCUT2D eigenvalue weighted by atomic mass is 79.9. The largest absolute Gasteiger partial charge is 0.342 e. The molecular weight excluding hydrogens is 364 g/mol. The third-order valence-electron chi connectivity index (χ3n) is 4.63. The molecule has 1 amide bonds. The van der Waals surface area contributed by atoms with Crippen molar-refractivity contribution in [3.63, 3.8) is 0 Å². The maximum Gasteiger partial charge on any atom is 0.226 e. The minimum atomic E-state index is 0. The number of likely N-dealkylation sites (tertiary alicyclic amines) is 1. The summed E-state index contributed by atoms with van der Waals surface area (Å²) in [7, 11) is 0. The van der Waals surface area contributed by atoms with Gasteiger partial charge in [-0.25, -0.2) is 0 Å². The normalized spacial score (nSPS) is 22.3. The van der Waals surface area contributed by atoms with E-state index < -0.39 is 0 Å². The monoisotopic (exact) mass is 388 g/mol. The quantitative estimate of drug-likeness (QED) is 0.835. The maximum atomic E-state index is 12.8. The third-order valence-corrected chi connectivity index (χ3v) is 5.40. The molecule has 0 aliphatic carbocycles. The highest BCUT2D eigenvalue weighted by Gasteiger charge is 2.36. The number of rotatable bonds is 5. The van der Waals surface area contributed by atoms with Crippen molar-refractivity contribution in [2.45, 2.75) is 33.1 Å². The summed E-state index contributed by atoms with van der Waals surface area (Å²) in [5, 5.41) is 0. The first-order valence-corrected chi connectivity index (χ1v) is 8.50. The predicted molar refractivity (Wildman–Crippen MR) is 97.2 cm³/mol. The summed E-state index contributed by atoms with van der Waals surface area (Å²) < 4.78 is 1.09. The second-order valence-electron chi connectivity index (χ2n) is 6.43. The van der Waals surface area contributed by atoms with E-state index >= 15 is 0 Å². The average Bonchev–Trinajstić information content (AvgIpc) is 2.89. The summed E-state index contributed by atoms with van der Waals surface area (Å²) >= 11 is 3.57. The molecule has 1 heterocycles.